The van der Waals surface area contributed by atoms with Gasteiger partial charge in [0.15, 0.2) is 0 Å². The summed E-state index contributed by atoms with van der Waals surface area (Å²) in [7, 11) is -3.86. The maximum Gasteiger partial charge on any atom is 0.251 e. The highest BCUT2D eigenvalue weighted by atomic mass is 35.5. The molecule has 0 spiro atoms. The molecule has 0 atom stereocenters. The van der Waals surface area contributed by atoms with Gasteiger partial charge in [0, 0.05) is 12.1 Å². The number of benzene rings is 1. The van der Waals surface area contributed by atoms with Gasteiger partial charge in [0.2, 0.25) is 10.0 Å². The van der Waals surface area contributed by atoms with Gasteiger partial charge in [-0.2, -0.15) is 0 Å². The molecule has 0 heterocycles. The molecule has 1 fully saturated rings. The van der Waals surface area contributed by atoms with Crippen molar-refractivity contribution >= 4 is 28.3 Å². The molecule has 0 bridgehead atoms. The zero-order valence-corrected chi connectivity index (χ0v) is 15.0. The predicted octanol–water partition coefficient (Wildman–Crippen LogP) is 1.37. The molecule has 130 valence electrons. The second kappa shape index (κ2) is 7.17. The van der Waals surface area contributed by atoms with E-state index in [4.69, 9.17) is 10.9 Å². The quantitative estimate of drug-likeness (QED) is 0.751. The summed E-state index contributed by atoms with van der Waals surface area (Å²) in [6.07, 6.45) is 3.77. The van der Waals surface area contributed by atoms with Gasteiger partial charge in [0.1, 0.15) is 0 Å². The highest BCUT2D eigenvalue weighted by Crippen LogP contribution is 2.29. The molecule has 1 aromatic carbocycles. The van der Waals surface area contributed by atoms with Crippen LogP contribution in [-0.4, -0.2) is 26.4 Å². The first-order valence-electron chi connectivity index (χ1n) is 7.35. The molecule has 6 nitrogen and oxygen atoms in total. The highest BCUT2D eigenvalue weighted by molar-refractivity contribution is 7.89. The third-order valence-corrected chi connectivity index (χ3v) is 5.56. The number of carbonyl (C=O) groups is 1. The Labute approximate surface area is 143 Å². The molecule has 1 saturated carbocycles. The molecule has 0 aromatic heterocycles. The van der Waals surface area contributed by atoms with E-state index in [2.05, 4.69) is 5.32 Å². The number of nitrogens with two attached hydrogens (primary N) is 2. The van der Waals surface area contributed by atoms with Crippen LogP contribution in [-0.2, 0) is 10.0 Å². The van der Waals surface area contributed by atoms with E-state index < -0.39 is 10.0 Å². The number of amides is 1. The van der Waals surface area contributed by atoms with Crippen molar-refractivity contribution in [1.29, 1.82) is 0 Å². The lowest BCUT2D eigenvalue weighted by atomic mass is 9.96. The molecule has 1 amide bonds. The third kappa shape index (κ3) is 4.23. The van der Waals surface area contributed by atoms with Crippen LogP contribution in [0.15, 0.2) is 17.0 Å². The Morgan fingerprint density at radius 2 is 1.83 bits per heavy atom. The fourth-order valence-corrected chi connectivity index (χ4v) is 3.88. The largest absolute Gasteiger partial charge is 0.345 e. The Morgan fingerprint density at radius 1 is 1.26 bits per heavy atom. The van der Waals surface area contributed by atoms with E-state index in [-0.39, 0.29) is 28.7 Å². The smallest absolute Gasteiger partial charge is 0.251 e. The van der Waals surface area contributed by atoms with Gasteiger partial charge in [-0.05, 0) is 49.9 Å². The van der Waals surface area contributed by atoms with Crippen LogP contribution in [0, 0.1) is 13.8 Å². The van der Waals surface area contributed by atoms with Gasteiger partial charge < -0.3 is 11.1 Å². The number of aryl methyl sites for hydroxylation is 1. The molecule has 8 heteroatoms. The van der Waals surface area contributed by atoms with E-state index in [1.807, 2.05) is 0 Å². The Hall–Kier alpha value is -1.15. The van der Waals surface area contributed by atoms with E-state index >= 15 is 0 Å². The normalized spacial score (nSPS) is 16.7. The van der Waals surface area contributed by atoms with Crippen LogP contribution in [0.25, 0.3) is 0 Å². The molecule has 0 saturated heterocycles. The minimum absolute atomic E-state index is 0. The molecule has 2 rings (SSSR count). The summed E-state index contributed by atoms with van der Waals surface area (Å²) >= 11 is 0. The first-order chi connectivity index (χ1) is 10.2. The molecule has 0 unspecified atom stereocenters. The number of carbonyl (C=O) groups excluding carboxylic acids is 1. The van der Waals surface area contributed by atoms with E-state index in [1.165, 1.54) is 6.07 Å². The first kappa shape index (κ1) is 19.9. The van der Waals surface area contributed by atoms with Gasteiger partial charge in [-0.15, -0.1) is 12.4 Å². The summed E-state index contributed by atoms with van der Waals surface area (Å²) in [4.78, 5) is 12.5. The third-order valence-electron chi connectivity index (χ3n) is 4.52. The zero-order valence-electron chi connectivity index (χ0n) is 13.4. The Morgan fingerprint density at radius 3 is 2.30 bits per heavy atom. The molecule has 0 aliphatic heterocycles. The topological polar surface area (TPSA) is 115 Å². The van der Waals surface area contributed by atoms with Crippen LogP contribution in [0.4, 0.5) is 0 Å². The second-order valence-corrected chi connectivity index (χ2v) is 7.64. The maximum absolute atomic E-state index is 12.5. The Kier molecular flexibility index (Phi) is 6.20. The zero-order chi connectivity index (χ0) is 16.5. The van der Waals surface area contributed by atoms with E-state index in [9.17, 15) is 13.2 Å². The fraction of sp³-hybridized carbons (Fsp3) is 0.533. The lowest BCUT2D eigenvalue weighted by Crippen LogP contribution is -2.51. The van der Waals surface area contributed by atoms with Gasteiger partial charge in [-0.25, -0.2) is 13.6 Å². The van der Waals surface area contributed by atoms with E-state index in [0.29, 0.717) is 23.2 Å². The van der Waals surface area contributed by atoms with Crippen LogP contribution >= 0.6 is 12.4 Å². The van der Waals surface area contributed by atoms with Crippen LogP contribution < -0.4 is 16.2 Å². The van der Waals surface area contributed by atoms with Crippen LogP contribution in [0.1, 0.15) is 47.2 Å². The molecule has 0 radical (unpaired) electrons. The monoisotopic (exact) mass is 361 g/mol. The van der Waals surface area contributed by atoms with Crippen LogP contribution in [0.5, 0.6) is 0 Å². The average Bonchev–Trinajstić information content (AvgIpc) is 2.89. The maximum atomic E-state index is 12.5. The van der Waals surface area contributed by atoms with Crippen molar-refractivity contribution in [1.82, 2.24) is 5.32 Å². The average molecular weight is 362 g/mol. The van der Waals surface area contributed by atoms with Gasteiger partial charge >= 0.3 is 0 Å². The Bertz CT molecular complexity index is 698. The molecule has 1 aliphatic carbocycles. The molecule has 1 aromatic rings. The summed E-state index contributed by atoms with van der Waals surface area (Å²) in [6, 6.07) is 3.02. The van der Waals surface area contributed by atoms with Crippen molar-refractivity contribution in [2.45, 2.75) is 50.0 Å². The predicted molar refractivity (Wildman–Crippen MR) is 92.3 cm³/mol. The SMILES string of the molecule is Cc1cc(C(=O)NC2(CN)CCCC2)cc(S(N)(=O)=O)c1C.Cl. The number of halogens is 1. The summed E-state index contributed by atoms with van der Waals surface area (Å²) in [5.74, 6) is -0.305. The van der Waals surface area contributed by atoms with Crippen molar-refractivity contribution in [3.8, 4) is 0 Å². The molecule has 23 heavy (non-hydrogen) atoms. The molecular formula is C15H24ClN3O3S. The second-order valence-electron chi connectivity index (χ2n) is 6.11. The fourth-order valence-electron chi connectivity index (χ4n) is 3.00. The summed E-state index contributed by atoms with van der Waals surface area (Å²) < 4.78 is 23.3. The summed E-state index contributed by atoms with van der Waals surface area (Å²) in [5.41, 5.74) is 7.01. The van der Waals surface area contributed by atoms with Crippen LogP contribution in [0.3, 0.4) is 0 Å². The van der Waals surface area contributed by atoms with E-state index in [1.54, 1.807) is 19.9 Å². The molecule has 5 N–H and O–H groups in total. The van der Waals surface area contributed by atoms with Crippen LogP contribution in [0.2, 0.25) is 0 Å². The van der Waals surface area contributed by atoms with Crippen molar-refractivity contribution in [3.63, 3.8) is 0 Å². The van der Waals surface area contributed by atoms with Gasteiger partial charge in [0.05, 0.1) is 10.4 Å². The molecular weight excluding hydrogens is 338 g/mol. The van der Waals surface area contributed by atoms with Gasteiger partial charge in [-0.3, -0.25) is 4.79 Å². The van der Waals surface area contributed by atoms with Crippen molar-refractivity contribution in [3.05, 3.63) is 28.8 Å². The van der Waals surface area contributed by atoms with Gasteiger partial charge in [-0.1, -0.05) is 12.8 Å². The molecule has 1 aliphatic rings. The summed E-state index contributed by atoms with van der Waals surface area (Å²) in [6.45, 7) is 3.82. The standard InChI is InChI=1S/C15H23N3O3S.ClH/c1-10-7-12(8-13(11(10)2)22(17,20)21)14(19)18-15(9-16)5-3-4-6-15;/h7-8H,3-6,9,16H2,1-2H3,(H,18,19)(H2,17,20,21);1H. The van der Waals surface area contributed by atoms with Crippen molar-refractivity contribution < 1.29 is 13.2 Å². The Balaban J connectivity index is 0.00000264. The number of nitrogens with one attached hydrogen (secondary N) is 1. The number of hydrogen-bond donors (Lipinski definition) is 3. The van der Waals surface area contributed by atoms with Crippen molar-refractivity contribution in [2.75, 3.05) is 6.54 Å². The highest BCUT2D eigenvalue weighted by Gasteiger charge is 2.34. The number of sulfonamides is 1. The number of rotatable bonds is 4. The lowest BCUT2D eigenvalue weighted by molar-refractivity contribution is 0.0903. The van der Waals surface area contributed by atoms with Crippen molar-refractivity contribution in [2.24, 2.45) is 10.9 Å². The first-order valence-corrected chi connectivity index (χ1v) is 8.90. The summed E-state index contributed by atoms with van der Waals surface area (Å²) in [5, 5.41) is 8.22. The minimum Gasteiger partial charge on any atom is -0.345 e. The lowest BCUT2D eigenvalue weighted by Gasteiger charge is -2.29. The number of hydrogen-bond acceptors (Lipinski definition) is 4. The minimum atomic E-state index is -3.86. The number of primary sulfonamides is 1. The van der Waals surface area contributed by atoms with Gasteiger partial charge in [0.25, 0.3) is 5.91 Å². The van der Waals surface area contributed by atoms with E-state index in [0.717, 1.165) is 25.7 Å².